The zero-order valence-corrected chi connectivity index (χ0v) is 11.1. The molecule has 0 atom stereocenters. The Morgan fingerprint density at radius 2 is 2.11 bits per heavy atom. The third kappa shape index (κ3) is 2.27. The second-order valence-corrected chi connectivity index (χ2v) is 5.12. The molecule has 1 heterocycles. The quantitative estimate of drug-likeness (QED) is 0.454. The number of nitrogens with zero attached hydrogens (tertiary/aromatic N) is 3. The van der Waals surface area contributed by atoms with Crippen LogP contribution in [0, 0.1) is 5.92 Å². The van der Waals surface area contributed by atoms with E-state index >= 15 is 0 Å². The fourth-order valence-corrected chi connectivity index (χ4v) is 1.58. The summed E-state index contributed by atoms with van der Waals surface area (Å²) < 4.78 is 5.44. The molecular weight excluding hydrogens is 234 g/mol. The van der Waals surface area contributed by atoms with E-state index in [0.717, 1.165) is 12.8 Å². The molecule has 0 aromatic carbocycles. The molecule has 1 aliphatic rings. The zero-order chi connectivity index (χ0) is 13.3. The second kappa shape index (κ2) is 4.51. The summed E-state index contributed by atoms with van der Waals surface area (Å²) in [6.45, 7) is 5.76. The fraction of sp³-hybridized carbons (Fsp3) is 0.667. The van der Waals surface area contributed by atoms with E-state index in [0.29, 0.717) is 5.89 Å². The van der Waals surface area contributed by atoms with Gasteiger partial charge in [-0.2, -0.15) is 0 Å². The van der Waals surface area contributed by atoms with Gasteiger partial charge in [-0.1, -0.05) is 25.9 Å². The second-order valence-electron chi connectivity index (χ2n) is 5.12. The van der Waals surface area contributed by atoms with Crippen LogP contribution in [0.4, 0.5) is 0 Å². The minimum Gasteiger partial charge on any atom is -0.417 e. The molecule has 0 aliphatic heterocycles. The Hall–Kier alpha value is -1.72. The smallest absolute Gasteiger partial charge is 0.290 e. The highest BCUT2D eigenvalue weighted by molar-refractivity contribution is 6.45. The normalized spacial score (nSPS) is 17.9. The van der Waals surface area contributed by atoms with Gasteiger partial charge in [0.05, 0.1) is 0 Å². The van der Waals surface area contributed by atoms with Crippen molar-refractivity contribution in [3.63, 3.8) is 0 Å². The Morgan fingerprint density at radius 3 is 2.61 bits per heavy atom. The fourth-order valence-electron chi connectivity index (χ4n) is 1.58. The molecule has 0 bridgehead atoms. The van der Waals surface area contributed by atoms with Gasteiger partial charge >= 0.3 is 0 Å². The van der Waals surface area contributed by atoms with Gasteiger partial charge in [-0.25, -0.2) is 0 Å². The number of hydrogen-bond acceptors (Lipinski definition) is 6. The van der Waals surface area contributed by atoms with Crippen molar-refractivity contribution in [2.45, 2.75) is 39.0 Å². The van der Waals surface area contributed by atoms with Gasteiger partial charge < -0.3 is 9.25 Å². The molecule has 1 aromatic rings. The van der Waals surface area contributed by atoms with Crippen molar-refractivity contribution < 1.29 is 14.0 Å². The average molecular weight is 251 g/mol. The minimum atomic E-state index is -0.366. The van der Waals surface area contributed by atoms with Crippen molar-refractivity contribution in [2.24, 2.45) is 11.1 Å². The van der Waals surface area contributed by atoms with Crippen molar-refractivity contribution in [1.29, 1.82) is 0 Å². The number of hydrogen-bond donors (Lipinski definition) is 0. The third-order valence-corrected chi connectivity index (χ3v) is 3.10. The van der Waals surface area contributed by atoms with Crippen LogP contribution < -0.4 is 0 Å². The number of aromatic nitrogens is 2. The zero-order valence-electron chi connectivity index (χ0n) is 11.1. The summed E-state index contributed by atoms with van der Waals surface area (Å²) in [4.78, 5) is 16.8. The van der Waals surface area contributed by atoms with Crippen LogP contribution in [0.15, 0.2) is 9.57 Å². The first-order chi connectivity index (χ1) is 8.48. The Kier molecular flexibility index (Phi) is 3.19. The minimum absolute atomic E-state index is 0.0115. The lowest BCUT2D eigenvalue weighted by atomic mass is 10.0. The summed E-state index contributed by atoms with van der Waals surface area (Å²) >= 11 is 0. The van der Waals surface area contributed by atoms with E-state index < -0.39 is 0 Å². The molecule has 1 aromatic heterocycles. The Labute approximate surface area is 105 Å². The molecule has 2 rings (SSSR count). The number of Topliss-reactive ketones (excluding diaryl/α,β-unsaturated/α-hetero) is 1. The first kappa shape index (κ1) is 12.7. The SMILES string of the molecule is CON=C(C(=O)c1nnc(C2(C)CC2)o1)C(C)C. The number of ketones is 1. The molecule has 98 valence electrons. The van der Waals surface area contributed by atoms with E-state index in [4.69, 9.17) is 4.42 Å². The predicted molar refractivity (Wildman–Crippen MR) is 64.5 cm³/mol. The predicted octanol–water partition coefficient (Wildman–Crippen LogP) is 1.96. The largest absolute Gasteiger partial charge is 0.417 e. The van der Waals surface area contributed by atoms with Crippen molar-refractivity contribution in [2.75, 3.05) is 7.11 Å². The van der Waals surface area contributed by atoms with E-state index in [1.54, 1.807) is 0 Å². The van der Waals surface area contributed by atoms with Crippen LogP contribution in [-0.2, 0) is 10.3 Å². The monoisotopic (exact) mass is 251 g/mol. The van der Waals surface area contributed by atoms with Gasteiger partial charge in [-0.05, 0) is 12.8 Å². The topological polar surface area (TPSA) is 77.6 Å². The van der Waals surface area contributed by atoms with E-state index in [1.165, 1.54) is 7.11 Å². The van der Waals surface area contributed by atoms with Crippen LogP contribution in [0.3, 0.4) is 0 Å². The van der Waals surface area contributed by atoms with Crippen LogP contribution in [-0.4, -0.2) is 28.8 Å². The van der Waals surface area contributed by atoms with E-state index in [1.807, 2.05) is 20.8 Å². The highest BCUT2D eigenvalue weighted by Crippen LogP contribution is 2.46. The first-order valence-corrected chi connectivity index (χ1v) is 5.97. The summed E-state index contributed by atoms with van der Waals surface area (Å²) in [5.74, 6) is 0.0909. The van der Waals surface area contributed by atoms with Crippen LogP contribution in [0.1, 0.15) is 50.2 Å². The standard InChI is InChI=1S/C12H17N3O3/c1-7(2)8(15-17-4)9(16)10-13-14-11(18-10)12(3)5-6-12/h7H,5-6H2,1-4H3. The molecule has 0 spiro atoms. The van der Waals surface area contributed by atoms with Crippen molar-refractivity contribution >= 4 is 11.5 Å². The molecule has 1 saturated carbocycles. The maximum absolute atomic E-state index is 12.1. The molecule has 6 heteroatoms. The summed E-state index contributed by atoms with van der Waals surface area (Å²) in [5.41, 5.74) is 0.246. The number of oxime groups is 1. The van der Waals surface area contributed by atoms with E-state index in [2.05, 4.69) is 20.2 Å². The van der Waals surface area contributed by atoms with Gasteiger partial charge in [0.1, 0.15) is 12.8 Å². The highest BCUT2D eigenvalue weighted by atomic mass is 16.6. The molecule has 0 radical (unpaired) electrons. The lowest BCUT2D eigenvalue weighted by Crippen LogP contribution is -2.21. The molecule has 1 fully saturated rings. The average Bonchev–Trinajstić information content (AvgIpc) is 2.90. The maximum atomic E-state index is 12.1. The Bertz CT molecular complexity index is 487. The van der Waals surface area contributed by atoms with Crippen LogP contribution >= 0.6 is 0 Å². The summed E-state index contributed by atoms with van der Waals surface area (Å²) in [7, 11) is 1.40. The van der Waals surface area contributed by atoms with Gasteiger partial charge in [0.25, 0.3) is 11.7 Å². The highest BCUT2D eigenvalue weighted by Gasteiger charge is 2.44. The number of carbonyl (C=O) groups excluding carboxylic acids is 1. The molecule has 1 aliphatic carbocycles. The van der Waals surface area contributed by atoms with Gasteiger partial charge in [0, 0.05) is 11.3 Å². The van der Waals surface area contributed by atoms with Crippen molar-refractivity contribution in [3.05, 3.63) is 11.8 Å². The Morgan fingerprint density at radius 1 is 1.44 bits per heavy atom. The molecule has 6 nitrogen and oxygen atoms in total. The maximum Gasteiger partial charge on any atom is 0.290 e. The van der Waals surface area contributed by atoms with Crippen LogP contribution in [0.2, 0.25) is 0 Å². The van der Waals surface area contributed by atoms with E-state index in [9.17, 15) is 4.79 Å². The van der Waals surface area contributed by atoms with Gasteiger partial charge in [-0.15, -0.1) is 10.2 Å². The number of carbonyl (C=O) groups is 1. The van der Waals surface area contributed by atoms with Gasteiger partial charge in [0.15, 0.2) is 0 Å². The van der Waals surface area contributed by atoms with E-state index in [-0.39, 0.29) is 28.7 Å². The molecule has 0 amide bonds. The molecular formula is C12H17N3O3. The summed E-state index contributed by atoms with van der Waals surface area (Å²) in [6, 6.07) is 0. The van der Waals surface area contributed by atoms with Crippen molar-refractivity contribution in [1.82, 2.24) is 10.2 Å². The summed E-state index contributed by atoms with van der Waals surface area (Å²) in [6.07, 6.45) is 2.04. The summed E-state index contributed by atoms with van der Waals surface area (Å²) in [5, 5.41) is 11.5. The van der Waals surface area contributed by atoms with Gasteiger partial charge in [0.2, 0.25) is 5.89 Å². The molecule has 18 heavy (non-hydrogen) atoms. The number of rotatable bonds is 5. The third-order valence-electron chi connectivity index (χ3n) is 3.10. The van der Waals surface area contributed by atoms with Crippen molar-refractivity contribution in [3.8, 4) is 0 Å². The lowest BCUT2D eigenvalue weighted by Gasteiger charge is -2.04. The molecule has 0 N–H and O–H groups in total. The van der Waals surface area contributed by atoms with Crippen LogP contribution in [0.25, 0.3) is 0 Å². The van der Waals surface area contributed by atoms with Crippen LogP contribution in [0.5, 0.6) is 0 Å². The van der Waals surface area contributed by atoms with Gasteiger partial charge in [-0.3, -0.25) is 4.79 Å². The molecule has 0 saturated heterocycles. The lowest BCUT2D eigenvalue weighted by molar-refractivity contribution is 0.101. The first-order valence-electron chi connectivity index (χ1n) is 5.97. The molecule has 0 unspecified atom stereocenters. The Balaban J connectivity index is 2.23.